The molecule has 0 aromatic heterocycles. The molecule has 0 bridgehead atoms. The molecular weight excluding hydrogens is 306 g/mol. The SMILES string of the molecule is CN(C)c1ccc(Br)cc1NC(=O)CC(N)C1CC1. The van der Waals surface area contributed by atoms with Gasteiger partial charge >= 0.3 is 0 Å². The maximum atomic E-state index is 12.0. The highest BCUT2D eigenvalue weighted by Gasteiger charge is 2.29. The van der Waals surface area contributed by atoms with Crippen LogP contribution in [-0.2, 0) is 4.79 Å². The van der Waals surface area contributed by atoms with Gasteiger partial charge in [-0.15, -0.1) is 0 Å². The number of halogens is 1. The third-order valence-electron chi connectivity index (χ3n) is 3.36. The molecule has 1 aliphatic rings. The molecule has 19 heavy (non-hydrogen) atoms. The minimum Gasteiger partial charge on any atom is -0.376 e. The highest BCUT2D eigenvalue weighted by molar-refractivity contribution is 9.10. The standard InChI is InChI=1S/C14H20BrN3O/c1-18(2)13-6-5-10(15)7-12(13)17-14(19)8-11(16)9-3-4-9/h5-7,9,11H,3-4,8,16H2,1-2H3,(H,17,19). The molecule has 1 fully saturated rings. The highest BCUT2D eigenvalue weighted by Crippen LogP contribution is 2.33. The molecule has 0 heterocycles. The average molecular weight is 326 g/mol. The maximum absolute atomic E-state index is 12.0. The van der Waals surface area contributed by atoms with Crippen LogP contribution in [-0.4, -0.2) is 26.0 Å². The van der Waals surface area contributed by atoms with E-state index in [1.807, 2.05) is 37.2 Å². The van der Waals surface area contributed by atoms with Crippen molar-refractivity contribution in [2.24, 2.45) is 11.7 Å². The first-order valence-corrected chi connectivity index (χ1v) is 7.29. The number of nitrogens with two attached hydrogens (primary N) is 1. The number of nitrogens with zero attached hydrogens (tertiary/aromatic N) is 1. The van der Waals surface area contributed by atoms with Crippen molar-refractivity contribution >= 4 is 33.2 Å². The zero-order valence-corrected chi connectivity index (χ0v) is 12.9. The predicted molar refractivity (Wildman–Crippen MR) is 82.4 cm³/mol. The van der Waals surface area contributed by atoms with E-state index in [9.17, 15) is 4.79 Å². The molecule has 0 saturated heterocycles. The second kappa shape index (κ2) is 5.92. The Morgan fingerprint density at radius 3 is 2.79 bits per heavy atom. The number of rotatable bonds is 5. The van der Waals surface area contributed by atoms with Crippen LogP contribution in [0.25, 0.3) is 0 Å². The van der Waals surface area contributed by atoms with Gasteiger partial charge in [-0.25, -0.2) is 0 Å². The van der Waals surface area contributed by atoms with Crippen molar-refractivity contribution in [1.82, 2.24) is 0 Å². The van der Waals surface area contributed by atoms with Crippen LogP contribution < -0.4 is 16.0 Å². The number of hydrogen-bond acceptors (Lipinski definition) is 3. The molecule has 1 saturated carbocycles. The molecule has 4 nitrogen and oxygen atoms in total. The van der Waals surface area contributed by atoms with Crippen molar-refractivity contribution < 1.29 is 4.79 Å². The van der Waals surface area contributed by atoms with Crippen molar-refractivity contribution in [2.45, 2.75) is 25.3 Å². The van der Waals surface area contributed by atoms with Gasteiger partial charge in [0.15, 0.2) is 0 Å². The lowest BCUT2D eigenvalue weighted by atomic mass is 10.1. The lowest BCUT2D eigenvalue weighted by molar-refractivity contribution is -0.116. The van der Waals surface area contributed by atoms with E-state index in [0.29, 0.717) is 12.3 Å². The lowest BCUT2D eigenvalue weighted by Crippen LogP contribution is -2.29. The second-order valence-corrected chi connectivity index (χ2v) is 6.23. The van der Waals surface area contributed by atoms with E-state index in [1.54, 1.807) is 0 Å². The Morgan fingerprint density at radius 2 is 2.21 bits per heavy atom. The molecule has 1 unspecified atom stereocenters. The van der Waals surface area contributed by atoms with Crippen molar-refractivity contribution in [3.8, 4) is 0 Å². The van der Waals surface area contributed by atoms with Crippen LogP contribution in [0, 0.1) is 5.92 Å². The maximum Gasteiger partial charge on any atom is 0.226 e. The van der Waals surface area contributed by atoms with Crippen LogP contribution in [0.15, 0.2) is 22.7 Å². The van der Waals surface area contributed by atoms with E-state index < -0.39 is 0 Å². The summed E-state index contributed by atoms with van der Waals surface area (Å²) >= 11 is 3.42. The number of anilines is 2. The van der Waals surface area contributed by atoms with Gasteiger partial charge in [-0.1, -0.05) is 15.9 Å². The molecule has 0 spiro atoms. The van der Waals surface area contributed by atoms with Crippen LogP contribution >= 0.6 is 15.9 Å². The van der Waals surface area contributed by atoms with Gasteiger partial charge in [0, 0.05) is 31.0 Å². The molecule has 0 aliphatic heterocycles. The monoisotopic (exact) mass is 325 g/mol. The van der Waals surface area contributed by atoms with E-state index >= 15 is 0 Å². The second-order valence-electron chi connectivity index (χ2n) is 5.31. The Kier molecular flexibility index (Phi) is 4.47. The van der Waals surface area contributed by atoms with E-state index in [0.717, 1.165) is 28.7 Å². The smallest absolute Gasteiger partial charge is 0.226 e. The van der Waals surface area contributed by atoms with Crippen molar-refractivity contribution in [1.29, 1.82) is 0 Å². The van der Waals surface area contributed by atoms with Crippen LogP contribution in [0.1, 0.15) is 19.3 Å². The summed E-state index contributed by atoms with van der Waals surface area (Å²) in [6.07, 6.45) is 2.71. The fourth-order valence-electron chi connectivity index (χ4n) is 2.10. The van der Waals surface area contributed by atoms with E-state index in [4.69, 9.17) is 5.73 Å². The summed E-state index contributed by atoms with van der Waals surface area (Å²) in [5.41, 5.74) is 7.78. The molecule has 1 atom stereocenters. The Balaban J connectivity index is 2.04. The van der Waals surface area contributed by atoms with Crippen LogP contribution in [0.2, 0.25) is 0 Å². The minimum absolute atomic E-state index is 0.00467. The summed E-state index contributed by atoms with van der Waals surface area (Å²) in [6.45, 7) is 0. The van der Waals surface area contributed by atoms with Gasteiger partial charge in [0.25, 0.3) is 0 Å². The zero-order valence-electron chi connectivity index (χ0n) is 11.3. The highest BCUT2D eigenvalue weighted by atomic mass is 79.9. The Labute approximate surface area is 122 Å². The Hall–Kier alpha value is -1.07. The summed E-state index contributed by atoms with van der Waals surface area (Å²) in [4.78, 5) is 14.0. The van der Waals surface area contributed by atoms with Crippen molar-refractivity contribution in [3.63, 3.8) is 0 Å². The molecule has 2 rings (SSSR count). The molecule has 1 aromatic carbocycles. The molecule has 1 amide bonds. The normalized spacial score (nSPS) is 16.0. The first-order valence-electron chi connectivity index (χ1n) is 6.49. The van der Waals surface area contributed by atoms with Gasteiger partial charge in [0.1, 0.15) is 0 Å². The van der Waals surface area contributed by atoms with Gasteiger partial charge in [-0.05, 0) is 37.0 Å². The number of nitrogens with one attached hydrogen (secondary N) is 1. The lowest BCUT2D eigenvalue weighted by Gasteiger charge is -2.19. The van der Waals surface area contributed by atoms with E-state index in [1.165, 1.54) is 0 Å². The summed E-state index contributed by atoms with van der Waals surface area (Å²) in [5.74, 6) is 0.530. The Bertz CT molecular complexity index is 472. The van der Waals surface area contributed by atoms with Gasteiger partial charge in [0.2, 0.25) is 5.91 Å². The minimum atomic E-state index is -0.0133. The van der Waals surface area contributed by atoms with Gasteiger partial charge in [0.05, 0.1) is 11.4 Å². The van der Waals surface area contributed by atoms with Gasteiger partial charge in [-0.2, -0.15) is 0 Å². The molecular formula is C14H20BrN3O. The first kappa shape index (κ1) is 14.3. The van der Waals surface area contributed by atoms with E-state index in [-0.39, 0.29) is 11.9 Å². The van der Waals surface area contributed by atoms with Crippen LogP contribution in [0.4, 0.5) is 11.4 Å². The number of carbonyl (C=O) groups is 1. The number of carbonyl (C=O) groups excluding carboxylic acids is 1. The zero-order chi connectivity index (χ0) is 14.0. The van der Waals surface area contributed by atoms with E-state index in [2.05, 4.69) is 21.2 Å². The summed E-state index contributed by atoms with van der Waals surface area (Å²) in [7, 11) is 3.91. The summed E-state index contributed by atoms with van der Waals surface area (Å²) in [6, 6.07) is 5.84. The van der Waals surface area contributed by atoms with Crippen molar-refractivity contribution in [2.75, 3.05) is 24.3 Å². The van der Waals surface area contributed by atoms with Crippen molar-refractivity contribution in [3.05, 3.63) is 22.7 Å². The third kappa shape index (κ3) is 3.94. The molecule has 104 valence electrons. The summed E-state index contributed by atoms with van der Waals surface area (Å²) in [5, 5.41) is 2.96. The third-order valence-corrected chi connectivity index (χ3v) is 3.86. The fraction of sp³-hybridized carbons (Fsp3) is 0.500. The Morgan fingerprint density at radius 1 is 1.53 bits per heavy atom. The molecule has 3 N–H and O–H groups in total. The molecule has 0 radical (unpaired) electrons. The average Bonchev–Trinajstić information content (AvgIpc) is 3.11. The number of amides is 1. The fourth-order valence-corrected chi connectivity index (χ4v) is 2.47. The molecule has 1 aliphatic carbocycles. The number of benzene rings is 1. The van der Waals surface area contributed by atoms with Gasteiger partial charge in [-0.3, -0.25) is 4.79 Å². The quantitative estimate of drug-likeness (QED) is 0.874. The largest absolute Gasteiger partial charge is 0.376 e. The van der Waals surface area contributed by atoms with Crippen LogP contribution in [0.3, 0.4) is 0 Å². The predicted octanol–water partition coefficient (Wildman–Crippen LogP) is 2.58. The van der Waals surface area contributed by atoms with Gasteiger partial charge < -0.3 is 16.0 Å². The topological polar surface area (TPSA) is 58.4 Å². The molecule has 1 aromatic rings. The van der Waals surface area contributed by atoms with Crippen LogP contribution in [0.5, 0.6) is 0 Å². The number of hydrogen-bond donors (Lipinski definition) is 2. The summed E-state index contributed by atoms with van der Waals surface area (Å²) < 4.78 is 0.944. The first-order chi connectivity index (χ1) is 8.97. The molecule has 5 heteroatoms.